The minimum absolute atomic E-state index is 0.102. The highest BCUT2D eigenvalue weighted by molar-refractivity contribution is 5.96. The Morgan fingerprint density at radius 1 is 1.04 bits per heavy atom. The summed E-state index contributed by atoms with van der Waals surface area (Å²) >= 11 is 0. The van der Waals surface area contributed by atoms with E-state index in [1.807, 2.05) is 6.92 Å². The third kappa shape index (κ3) is 2.61. The first-order valence-corrected chi connectivity index (χ1v) is 10.9. The molecule has 0 bridgehead atoms. The fraction of sp³-hybridized carbons (Fsp3) is 0.826. The summed E-state index contributed by atoms with van der Waals surface area (Å²) in [6.45, 7) is 6.73. The lowest BCUT2D eigenvalue weighted by Crippen LogP contribution is -2.57. The van der Waals surface area contributed by atoms with Gasteiger partial charge in [-0.05, 0) is 87.5 Å². The molecule has 0 aromatic carbocycles. The van der Waals surface area contributed by atoms with Crippen molar-refractivity contribution in [2.24, 2.45) is 38.9 Å². The molecule has 3 fully saturated rings. The Labute approximate surface area is 169 Å². The Morgan fingerprint density at radius 3 is 2.50 bits per heavy atom. The SMILES string of the molecule is CO/N=C1/C=C2CCC3C(CCC4(C)C3CCC4(O)/C(C)=N/OC)C2(C)CC1. The van der Waals surface area contributed by atoms with Crippen LogP contribution in [0.4, 0.5) is 0 Å². The summed E-state index contributed by atoms with van der Waals surface area (Å²) in [5, 5.41) is 20.0. The van der Waals surface area contributed by atoms with Crippen molar-refractivity contribution >= 4 is 11.4 Å². The van der Waals surface area contributed by atoms with Crippen LogP contribution in [0.3, 0.4) is 0 Å². The highest BCUT2D eigenvalue weighted by Crippen LogP contribution is 2.67. The van der Waals surface area contributed by atoms with Crippen molar-refractivity contribution in [3.05, 3.63) is 11.6 Å². The van der Waals surface area contributed by atoms with Gasteiger partial charge in [0.1, 0.15) is 19.8 Å². The zero-order valence-corrected chi connectivity index (χ0v) is 18.1. The first-order valence-electron chi connectivity index (χ1n) is 10.9. The largest absolute Gasteiger partial charge is 0.399 e. The van der Waals surface area contributed by atoms with Gasteiger partial charge in [0, 0.05) is 5.41 Å². The van der Waals surface area contributed by atoms with Crippen LogP contribution in [0.1, 0.15) is 72.1 Å². The van der Waals surface area contributed by atoms with Crippen LogP contribution in [-0.2, 0) is 9.68 Å². The molecule has 5 heteroatoms. The van der Waals surface area contributed by atoms with Gasteiger partial charge in [-0.25, -0.2) is 0 Å². The van der Waals surface area contributed by atoms with Crippen molar-refractivity contribution in [3.8, 4) is 0 Å². The van der Waals surface area contributed by atoms with Gasteiger partial charge in [0.05, 0.1) is 11.4 Å². The predicted octanol–water partition coefficient (Wildman–Crippen LogP) is 4.71. The normalized spacial score (nSPS) is 47.1. The molecule has 4 aliphatic rings. The standard InChI is InChI=1S/C23H36N2O3/c1-15(24-27-4)23(26)13-10-20-18-7-6-16-14-17(25-28-5)8-11-21(16,2)19(18)9-12-22(20,23)3/h14,18-20,26H,6-13H2,1-5H3/b24-15+,25-17+. The van der Waals surface area contributed by atoms with Crippen LogP contribution in [-0.4, -0.2) is 36.4 Å². The smallest absolute Gasteiger partial charge is 0.111 e. The van der Waals surface area contributed by atoms with Gasteiger partial charge in [-0.2, -0.15) is 0 Å². The number of hydrogen-bond acceptors (Lipinski definition) is 5. The van der Waals surface area contributed by atoms with Crippen LogP contribution in [0.25, 0.3) is 0 Å². The summed E-state index contributed by atoms with van der Waals surface area (Å²) in [6, 6.07) is 0. The molecule has 0 amide bonds. The second kappa shape index (κ2) is 6.86. The van der Waals surface area contributed by atoms with E-state index in [0.717, 1.165) is 43.5 Å². The molecule has 4 rings (SSSR count). The van der Waals surface area contributed by atoms with Gasteiger partial charge < -0.3 is 14.8 Å². The van der Waals surface area contributed by atoms with Crippen molar-refractivity contribution in [2.45, 2.75) is 77.7 Å². The number of oxime groups is 2. The van der Waals surface area contributed by atoms with Crippen LogP contribution in [0.15, 0.2) is 22.0 Å². The average molecular weight is 389 g/mol. The Balaban J connectivity index is 1.65. The predicted molar refractivity (Wildman–Crippen MR) is 111 cm³/mol. The van der Waals surface area contributed by atoms with E-state index in [4.69, 9.17) is 9.68 Å². The topological polar surface area (TPSA) is 63.4 Å². The Bertz CT molecular complexity index is 729. The van der Waals surface area contributed by atoms with E-state index in [9.17, 15) is 5.11 Å². The van der Waals surface area contributed by atoms with Gasteiger partial charge in [-0.1, -0.05) is 29.7 Å². The van der Waals surface area contributed by atoms with Gasteiger partial charge >= 0.3 is 0 Å². The average Bonchev–Trinajstić information content (AvgIpc) is 2.95. The van der Waals surface area contributed by atoms with E-state index >= 15 is 0 Å². The van der Waals surface area contributed by atoms with Gasteiger partial charge in [0.15, 0.2) is 0 Å². The van der Waals surface area contributed by atoms with E-state index in [2.05, 4.69) is 30.2 Å². The number of rotatable bonds is 3. The second-order valence-corrected chi connectivity index (χ2v) is 9.98. The maximum Gasteiger partial charge on any atom is 0.111 e. The molecule has 5 nitrogen and oxygen atoms in total. The van der Waals surface area contributed by atoms with E-state index in [-0.39, 0.29) is 10.8 Å². The molecule has 0 saturated heterocycles. The second-order valence-electron chi connectivity index (χ2n) is 9.98. The quantitative estimate of drug-likeness (QED) is 0.563. The molecular formula is C23H36N2O3. The summed E-state index contributed by atoms with van der Waals surface area (Å²) in [7, 11) is 3.20. The lowest BCUT2D eigenvalue weighted by atomic mass is 9.46. The molecule has 0 aromatic heterocycles. The first kappa shape index (κ1) is 19.9. The van der Waals surface area contributed by atoms with E-state index in [1.54, 1.807) is 19.8 Å². The van der Waals surface area contributed by atoms with E-state index in [0.29, 0.717) is 17.8 Å². The van der Waals surface area contributed by atoms with Gasteiger partial charge in [0.25, 0.3) is 0 Å². The van der Waals surface area contributed by atoms with Crippen LogP contribution in [0.5, 0.6) is 0 Å². The van der Waals surface area contributed by atoms with Crippen LogP contribution < -0.4 is 0 Å². The maximum absolute atomic E-state index is 11.7. The zero-order chi connectivity index (χ0) is 20.2. The summed E-state index contributed by atoms with van der Waals surface area (Å²) in [4.78, 5) is 10.1. The van der Waals surface area contributed by atoms with E-state index in [1.165, 1.54) is 19.3 Å². The number of hydrogen-bond donors (Lipinski definition) is 1. The van der Waals surface area contributed by atoms with Gasteiger partial charge in [-0.15, -0.1) is 0 Å². The highest BCUT2D eigenvalue weighted by atomic mass is 16.6. The van der Waals surface area contributed by atoms with Crippen LogP contribution in [0, 0.1) is 28.6 Å². The number of nitrogens with zero attached hydrogens (tertiary/aromatic N) is 2. The van der Waals surface area contributed by atoms with Crippen molar-refractivity contribution in [1.82, 2.24) is 0 Å². The summed E-state index contributed by atoms with van der Waals surface area (Å²) in [5.74, 6) is 1.95. The molecule has 4 aliphatic carbocycles. The summed E-state index contributed by atoms with van der Waals surface area (Å²) in [6.07, 6.45) is 11.0. The molecule has 6 atom stereocenters. The molecular weight excluding hydrogens is 352 g/mol. The van der Waals surface area contributed by atoms with Crippen molar-refractivity contribution in [3.63, 3.8) is 0 Å². The van der Waals surface area contributed by atoms with Gasteiger partial charge in [0.2, 0.25) is 0 Å². The Kier molecular flexibility index (Phi) is 4.88. The molecule has 3 saturated carbocycles. The van der Waals surface area contributed by atoms with Crippen LogP contribution in [0.2, 0.25) is 0 Å². The molecule has 0 radical (unpaired) electrons. The van der Waals surface area contributed by atoms with Gasteiger partial charge in [-0.3, -0.25) is 0 Å². The molecule has 156 valence electrons. The minimum Gasteiger partial charge on any atom is -0.399 e. The molecule has 0 heterocycles. The third-order valence-corrected chi connectivity index (χ3v) is 9.16. The van der Waals surface area contributed by atoms with Crippen LogP contribution >= 0.6 is 0 Å². The highest BCUT2D eigenvalue weighted by Gasteiger charge is 2.64. The molecule has 0 spiro atoms. The number of aliphatic hydroxyl groups is 1. The van der Waals surface area contributed by atoms with Crippen molar-refractivity contribution < 1.29 is 14.8 Å². The molecule has 1 N–H and O–H groups in total. The Hall–Kier alpha value is -1.36. The fourth-order valence-corrected chi connectivity index (χ4v) is 7.58. The summed E-state index contributed by atoms with van der Waals surface area (Å²) < 4.78 is 0. The lowest BCUT2D eigenvalue weighted by Gasteiger charge is -2.59. The molecule has 0 aromatic rings. The first-order chi connectivity index (χ1) is 13.3. The fourth-order valence-electron chi connectivity index (χ4n) is 7.58. The monoisotopic (exact) mass is 388 g/mol. The number of allylic oxidation sites excluding steroid dienone is 2. The van der Waals surface area contributed by atoms with Crippen molar-refractivity contribution in [2.75, 3.05) is 14.2 Å². The maximum atomic E-state index is 11.7. The zero-order valence-electron chi connectivity index (χ0n) is 18.1. The third-order valence-electron chi connectivity index (χ3n) is 9.16. The molecule has 28 heavy (non-hydrogen) atoms. The minimum atomic E-state index is -0.833. The summed E-state index contributed by atoms with van der Waals surface area (Å²) in [5.41, 5.74) is 2.75. The van der Waals surface area contributed by atoms with E-state index < -0.39 is 5.60 Å². The molecule has 0 aliphatic heterocycles. The lowest BCUT2D eigenvalue weighted by molar-refractivity contribution is -0.0954. The molecule has 6 unspecified atom stereocenters. The Morgan fingerprint density at radius 2 is 1.79 bits per heavy atom. The van der Waals surface area contributed by atoms with Crippen molar-refractivity contribution in [1.29, 1.82) is 0 Å². The number of fused-ring (bicyclic) bond motifs is 5.